The highest BCUT2D eigenvalue weighted by Gasteiger charge is 2.22. The minimum Gasteiger partial charge on any atom is -0.508 e. The molecule has 0 radical (unpaired) electrons. The van der Waals surface area contributed by atoms with Gasteiger partial charge in [0.25, 0.3) is 0 Å². The highest BCUT2D eigenvalue weighted by atomic mass is 16.5. The monoisotopic (exact) mass is 427 g/mol. The van der Waals surface area contributed by atoms with Crippen molar-refractivity contribution in [1.29, 1.82) is 0 Å². The second-order valence-electron chi connectivity index (χ2n) is 7.84. The van der Waals surface area contributed by atoms with E-state index < -0.39 is 0 Å². The lowest BCUT2D eigenvalue weighted by Gasteiger charge is -2.28. The van der Waals surface area contributed by atoms with Gasteiger partial charge < -0.3 is 20.1 Å². The Morgan fingerprint density at radius 2 is 1.19 bits per heavy atom. The van der Waals surface area contributed by atoms with Gasteiger partial charge in [0, 0.05) is 6.07 Å². The highest BCUT2D eigenvalue weighted by Crippen LogP contribution is 2.47. The van der Waals surface area contributed by atoms with E-state index in [0.717, 1.165) is 16.7 Å². The summed E-state index contributed by atoms with van der Waals surface area (Å²) in [6.07, 6.45) is 0. The number of aromatic hydroxyl groups is 3. The van der Waals surface area contributed by atoms with Gasteiger partial charge in [-0.3, -0.25) is 4.90 Å². The van der Waals surface area contributed by atoms with Crippen molar-refractivity contribution < 1.29 is 20.1 Å². The topological polar surface area (TPSA) is 73.2 Å². The maximum atomic E-state index is 10.8. The van der Waals surface area contributed by atoms with Crippen LogP contribution in [0, 0.1) is 20.8 Å². The molecule has 4 rings (SSSR count). The number of aryl methyl sites for hydroxylation is 3. The fraction of sp³-hybridized carbons (Fsp3) is 0.111. The Bertz CT molecular complexity index is 1230. The van der Waals surface area contributed by atoms with Crippen LogP contribution in [0.3, 0.4) is 0 Å². The number of hydrogen-bond donors (Lipinski definition) is 3. The zero-order chi connectivity index (χ0) is 22.8. The minimum absolute atomic E-state index is 0.0771. The van der Waals surface area contributed by atoms with Crippen LogP contribution >= 0.6 is 0 Å². The molecule has 0 saturated heterocycles. The fourth-order valence-corrected chi connectivity index (χ4v) is 3.58. The number of para-hydroxylation sites is 2. The van der Waals surface area contributed by atoms with Gasteiger partial charge in [0.15, 0.2) is 5.75 Å². The standard InChI is InChI=1S/C27H25NO4/c1-17-8-12-21(24(30)14-17)28(22-13-9-18(2)15-25(22)31)23-6-4-5-7-26(23)32-27-16-20(29)11-10-19(27)3/h4-16,29-31H,1-3H3. The van der Waals surface area contributed by atoms with Gasteiger partial charge in [-0.25, -0.2) is 0 Å². The van der Waals surface area contributed by atoms with Gasteiger partial charge >= 0.3 is 0 Å². The molecular formula is C27H25NO4. The molecule has 0 heterocycles. The van der Waals surface area contributed by atoms with Gasteiger partial charge in [0.05, 0.1) is 17.1 Å². The first-order valence-electron chi connectivity index (χ1n) is 10.3. The molecule has 0 unspecified atom stereocenters. The van der Waals surface area contributed by atoms with E-state index in [2.05, 4.69) is 0 Å². The lowest BCUT2D eigenvalue weighted by Crippen LogP contribution is -2.12. The molecule has 0 aliphatic rings. The predicted molar refractivity (Wildman–Crippen MR) is 127 cm³/mol. The van der Waals surface area contributed by atoms with Crippen LogP contribution in [0.15, 0.2) is 78.9 Å². The Labute approximate surface area is 187 Å². The number of phenols is 3. The zero-order valence-electron chi connectivity index (χ0n) is 18.2. The average molecular weight is 428 g/mol. The number of hydrogen-bond acceptors (Lipinski definition) is 5. The summed E-state index contributed by atoms with van der Waals surface area (Å²) in [6.45, 7) is 5.70. The molecule has 5 heteroatoms. The van der Waals surface area contributed by atoms with Crippen LogP contribution in [-0.4, -0.2) is 15.3 Å². The van der Waals surface area contributed by atoms with Crippen LogP contribution in [0.4, 0.5) is 17.1 Å². The molecule has 4 aromatic carbocycles. The van der Waals surface area contributed by atoms with Crippen molar-refractivity contribution in [3.63, 3.8) is 0 Å². The minimum atomic E-state index is 0.0771. The van der Waals surface area contributed by atoms with Crippen molar-refractivity contribution in [2.45, 2.75) is 20.8 Å². The third-order valence-corrected chi connectivity index (χ3v) is 5.24. The fourth-order valence-electron chi connectivity index (χ4n) is 3.58. The molecule has 0 amide bonds. The van der Waals surface area contributed by atoms with Crippen molar-refractivity contribution >= 4 is 17.1 Å². The summed E-state index contributed by atoms with van der Waals surface area (Å²) in [6, 6.07) is 23.1. The van der Waals surface area contributed by atoms with Crippen LogP contribution in [0.5, 0.6) is 28.7 Å². The molecule has 0 aliphatic heterocycles. The van der Waals surface area contributed by atoms with Crippen molar-refractivity contribution in [2.75, 3.05) is 4.90 Å². The number of nitrogens with zero attached hydrogens (tertiary/aromatic N) is 1. The van der Waals surface area contributed by atoms with Crippen molar-refractivity contribution in [3.05, 3.63) is 95.6 Å². The van der Waals surface area contributed by atoms with Gasteiger partial charge in [-0.2, -0.15) is 0 Å². The highest BCUT2D eigenvalue weighted by molar-refractivity contribution is 5.85. The van der Waals surface area contributed by atoms with Gasteiger partial charge in [-0.1, -0.05) is 30.3 Å². The van der Waals surface area contributed by atoms with E-state index in [1.165, 1.54) is 0 Å². The molecule has 4 aromatic rings. The van der Waals surface area contributed by atoms with E-state index in [9.17, 15) is 15.3 Å². The van der Waals surface area contributed by atoms with Crippen LogP contribution in [-0.2, 0) is 0 Å². The first-order valence-corrected chi connectivity index (χ1v) is 10.3. The summed E-state index contributed by atoms with van der Waals surface area (Å²) in [5, 5.41) is 31.5. The number of phenolic OH excluding ortho intramolecular Hbond substituents is 3. The molecule has 32 heavy (non-hydrogen) atoms. The van der Waals surface area contributed by atoms with Crippen LogP contribution in [0.2, 0.25) is 0 Å². The van der Waals surface area contributed by atoms with Crippen molar-refractivity contribution in [1.82, 2.24) is 0 Å². The van der Waals surface area contributed by atoms with Gasteiger partial charge in [-0.15, -0.1) is 0 Å². The molecule has 0 fully saturated rings. The largest absolute Gasteiger partial charge is 0.508 e. The summed E-state index contributed by atoms with van der Waals surface area (Å²) in [4.78, 5) is 1.76. The zero-order valence-corrected chi connectivity index (χ0v) is 18.2. The summed E-state index contributed by atoms with van der Waals surface area (Å²) >= 11 is 0. The maximum Gasteiger partial charge on any atom is 0.151 e. The second-order valence-corrected chi connectivity index (χ2v) is 7.84. The third-order valence-electron chi connectivity index (χ3n) is 5.24. The number of rotatable bonds is 5. The Morgan fingerprint density at radius 3 is 1.78 bits per heavy atom. The lowest BCUT2D eigenvalue weighted by molar-refractivity contribution is 0.453. The van der Waals surface area contributed by atoms with Crippen LogP contribution in [0.1, 0.15) is 16.7 Å². The quantitative estimate of drug-likeness (QED) is 0.320. The number of benzene rings is 4. The van der Waals surface area contributed by atoms with Gasteiger partial charge in [0.1, 0.15) is 23.0 Å². The molecule has 0 atom stereocenters. The van der Waals surface area contributed by atoms with E-state index in [4.69, 9.17) is 4.74 Å². The Hall–Kier alpha value is -4.12. The SMILES string of the molecule is Cc1ccc(N(c2ccc(C)cc2O)c2ccccc2Oc2cc(O)ccc2C)c(O)c1. The Balaban J connectivity index is 1.92. The molecule has 0 bridgehead atoms. The molecule has 0 spiro atoms. The molecule has 162 valence electrons. The first kappa shape index (κ1) is 21.1. The summed E-state index contributed by atoms with van der Waals surface area (Å²) in [5.74, 6) is 1.27. The molecule has 0 saturated carbocycles. The van der Waals surface area contributed by atoms with Gasteiger partial charge in [0.2, 0.25) is 0 Å². The number of ether oxygens (including phenoxy) is 1. The van der Waals surface area contributed by atoms with Crippen molar-refractivity contribution in [3.8, 4) is 28.7 Å². The Morgan fingerprint density at radius 1 is 0.594 bits per heavy atom. The molecule has 0 aliphatic carbocycles. The molecule has 3 N–H and O–H groups in total. The second kappa shape index (κ2) is 8.55. The van der Waals surface area contributed by atoms with E-state index in [0.29, 0.717) is 28.6 Å². The van der Waals surface area contributed by atoms with Gasteiger partial charge in [-0.05, 0) is 79.9 Å². The smallest absolute Gasteiger partial charge is 0.151 e. The van der Waals surface area contributed by atoms with E-state index in [-0.39, 0.29) is 17.2 Å². The van der Waals surface area contributed by atoms with Crippen LogP contribution < -0.4 is 9.64 Å². The molecule has 5 nitrogen and oxygen atoms in total. The molecule has 0 aromatic heterocycles. The van der Waals surface area contributed by atoms with E-state index in [1.807, 2.05) is 57.2 Å². The molecular weight excluding hydrogens is 402 g/mol. The Kier molecular flexibility index (Phi) is 5.65. The summed E-state index contributed by atoms with van der Waals surface area (Å²) in [7, 11) is 0. The first-order chi connectivity index (χ1) is 15.3. The van der Waals surface area contributed by atoms with Crippen LogP contribution in [0.25, 0.3) is 0 Å². The maximum absolute atomic E-state index is 10.8. The normalized spacial score (nSPS) is 10.7. The lowest BCUT2D eigenvalue weighted by atomic mass is 10.1. The van der Waals surface area contributed by atoms with Crippen molar-refractivity contribution in [2.24, 2.45) is 0 Å². The predicted octanol–water partition coefficient (Wildman–Crippen LogP) is 6.99. The summed E-state index contributed by atoms with van der Waals surface area (Å²) in [5.41, 5.74) is 4.31. The van der Waals surface area contributed by atoms with E-state index in [1.54, 1.807) is 47.4 Å². The third kappa shape index (κ3) is 4.18. The summed E-state index contributed by atoms with van der Waals surface area (Å²) < 4.78 is 6.21. The van der Waals surface area contributed by atoms with E-state index >= 15 is 0 Å². The number of anilines is 3. The average Bonchev–Trinajstić information content (AvgIpc) is 2.74.